The fraction of sp³-hybridized carbons (Fsp3) is 0.167. The molecule has 39 heavy (non-hydrogen) atoms. The van der Waals surface area contributed by atoms with Crippen LogP contribution >= 0.6 is 11.6 Å². The Kier molecular flexibility index (Phi) is 6.42. The van der Waals surface area contributed by atoms with E-state index in [-0.39, 0.29) is 17.5 Å². The Balaban J connectivity index is 1.29. The van der Waals surface area contributed by atoms with E-state index >= 15 is 0 Å². The first-order chi connectivity index (χ1) is 18.9. The quantitative estimate of drug-likeness (QED) is 0.243. The van der Waals surface area contributed by atoms with E-state index in [1.165, 1.54) is 0 Å². The van der Waals surface area contributed by atoms with Gasteiger partial charge in [0, 0.05) is 52.1 Å². The number of halogens is 1. The molecule has 2 N–H and O–H groups in total. The van der Waals surface area contributed by atoms with Gasteiger partial charge in [-0.05, 0) is 60.5 Å². The lowest BCUT2D eigenvalue weighted by Crippen LogP contribution is -2.24. The number of aromatic amines is 1. The lowest BCUT2D eigenvalue weighted by atomic mass is 10.1. The number of hydrogen-bond acceptors (Lipinski definition) is 5. The van der Waals surface area contributed by atoms with Crippen LogP contribution in [0.3, 0.4) is 0 Å². The third-order valence-electron chi connectivity index (χ3n) is 6.98. The van der Waals surface area contributed by atoms with E-state index in [9.17, 15) is 9.59 Å². The number of anilines is 2. The Labute approximate surface area is 229 Å². The number of carbonyl (C=O) groups excluding carboxylic acids is 2. The molecule has 0 atom stereocenters. The second kappa shape index (κ2) is 10.1. The second-order valence-electron chi connectivity index (χ2n) is 9.35. The number of ether oxygens (including phenoxy) is 2. The largest absolute Gasteiger partial charge is 0.491 e. The molecule has 1 aliphatic heterocycles. The summed E-state index contributed by atoms with van der Waals surface area (Å²) in [5.74, 6) is 0.235. The lowest BCUT2D eigenvalue weighted by Gasteiger charge is -2.20. The van der Waals surface area contributed by atoms with Gasteiger partial charge in [0.2, 0.25) is 0 Å². The van der Waals surface area contributed by atoms with E-state index in [2.05, 4.69) is 15.3 Å². The molecule has 6 rings (SSSR count). The van der Waals surface area contributed by atoms with Crippen LogP contribution in [0.2, 0.25) is 5.02 Å². The van der Waals surface area contributed by atoms with E-state index in [4.69, 9.17) is 21.1 Å². The number of methoxy groups -OCH3 is 1. The minimum absolute atomic E-state index is 0.117. The van der Waals surface area contributed by atoms with Gasteiger partial charge in [-0.25, -0.2) is 4.98 Å². The van der Waals surface area contributed by atoms with Crippen LogP contribution in [0.15, 0.2) is 66.9 Å². The summed E-state index contributed by atoms with van der Waals surface area (Å²) >= 11 is 6.12. The van der Waals surface area contributed by atoms with Crippen LogP contribution in [0.4, 0.5) is 11.4 Å². The minimum Gasteiger partial charge on any atom is -0.491 e. The molecule has 2 aromatic heterocycles. The van der Waals surface area contributed by atoms with Gasteiger partial charge < -0.3 is 24.7 Å². The number of H-pyrrole nitrogens is 1. The highest BCUT2D eigenvalue weighted by atomic mass is 35.5. The van der Waals surface area contributed by atoms with Gasteiger partial charge in [-0.2, -0.15) is 0 Å². The molecule has 0 radical (unpaired) electrons. The molecule has 1 aliphatic rings. The Bertz CT molecular complexity index is 1760. The second-order valence-corrected chi connectivity index (χ2v) is 9.79. The average Bonchev–Trinajstić information content (AvgIpc) is 3.47. The number of carbonyl (C=O) groups is 2. The summed E-state index contributed by atoms with van der Waals surface area (Å²) in [7, 11) is 1.63. The van der Waals surface area contributed by atoms with Crippen LogP contribution in [0.5, 0.6) is 5.75 Å². The minimum atomic E-state index is -0.355. The van der Waals surface area contributed by atoms with Gasteiger partial charge >= 0.3 is 0 Å². The number of aromatic nitrogens is 2. The smallest absolute Gasteiger partial charge is 0.276 e. The Hall–Kier alpha value is -4.40. The molecular formula is C30H25ClN4O4. The summed E-state index contributed by atoms with van der Waals surface area (Å²) in [5, 5.41) is 5.37. The van der Waals surface area contributed by atoms with Gasteiger partial charge in [-0.1, -0.05) is 23.7 Å². The number of hydrogen-bond donors (Lipinski definition) is 2. The Morgan fingerprint density at radius 2 is 1.97 bits per heavy atom. The SMILES string of the molecule is COCCOc1ccc2c(c1)[nH]c1c(C(=O)Nc3cccc(N4Cc5ccc(Cl)cc5C4=O)c3C)nccc12. The van der Waals surface area contributed by atoms with Gasteiger partial charge in [0.05, 0.1) is 24.2 Å². The number of nitrogens with zero attached hydrogens (tertiary/aromatic N) is 2. The number of benzene rings is 3. The highest BCUT2D eigenvalue weighted by molar-refractivity contribution is 6.31. The molecule has 3 heterocycles. The summed E-state index contributed by atoms with van der Waals surface area (Å²) in [5.41, 5.74) is 5.36. The predicted octanol–water partition coefficient (Wildman–Crippen LogP) is 6.12. The Morgan fingerprint density at radius 1 is 1.10 bits per heavy atom. The van der Waals surface area contributed by atoms with Gasteiger partial charge in [0.15, 0.2) is 5.69 Å². The van der Waals surface area contributed by atoms with E-state index in [0.717, 1.165) is 33.1 Å². The van der Waals surface area contributed by atoms with Crippen molar-refractivity contribution in [1.82, 2.24) is 9.97 Å². The van der Waals surface area contributed by atoms with Crippen LogP contribution in [-0.2, 0) is 11.3 Å². The standard InChI is InChI=1S/C30H25ClN4O4/c1-17-24(4-3-5-26(17)35-16-18-6-7-19(31)14-23(18)30(35)37)34-29(36)28-27-22(10-11-32-28)21-9-8-20(15-25(21)33-27)39-13-12-38-2/h3-11,14-15,33H,12-13,16H2,1-2H3,(H,34,36). The van der Waals surface area contributed by atoms with Crippen molar-refractivity contribution in [2.24, 2.45) is 0 Å². The van der Waals surface area contributed by atoms with E-state index in [1.807, 2.05) is 55.5 Å². The molecule has 0 fully saturated rings. The summed E-state index contributed by atoms with van der Waals surface area (Å²) < 4.78 is 10.8. The van der Waals surface area contributed by atoms with Crippen molar-refractivity contribution in [1.29, 1.82) is 0 Å². The van der Waals surface area contributed by atoms with Crippen LogP contribution in [-0.4, -0.2) is 42.1 Å². The lowest BCUT2D eigenvalue weighted by molar-refractivity contribution is 0.0994. The van der Waals surface area contributed by atoms with Crippen molar-refractivity contribution in [2.45, 2.75) is 13.5 Å². The van der Waals surface area contributed by atoms with Crippen LogP contribution in [0, 0.1) is 6.92 Å². The molecule has 196 valence electrons. The molecule has 0 saturated carbocycles. The maximum absolute atomic E-state index is 13.5. The molecule has 5 aromatic rings. The van der Waals surface area contributed by atoms with Crippen molar-refractivity contribution >= 4 is 56.6 Å². The highest BCUT2D eigenvalue weighted by Gasteiger charge is 2.30. The molecule has 8 nitrogen and oxygen atoms in total. The molecule has 9 heteroatoms. The zero-order valence-electron chi connectivity index (χ0n) is 21.4. The highest BCUT2D eigenvalue weighted by Crippen LogP contribution is 2.35. The molecule has 0 unspecified atom stereocenters. The maximum Gasteiger partial charge on any atom is 0.276 e. The van der Waals surface area contributed by atoms with Crippen molar-refractivity contribution in [3.05, 3.63) is 94.3 Å². The van der Waals surface area contributed by atoms with E-state index in [1.54, 1.807) is 30.3 Å². The monoisotopic (exact) mass is 540 g/mol. The third kappa shape index (κ3) is 4.47. The van der Waals surface area contributed by atoms with Crippen molar-refractivity contribution < 1.29 is 19.1 Å². The van der Waals surface area contributed by atoms with E-state index < -0.39 is 0 Å². The average molecular weight is 541 g/mol. The zero-order valence-corrected chi connectivity index (χ0v) is 22.1. The van der Waals surface area contributed by atoms with Gasteiger partial charge in [0.25, 0.3) is 11.8 Å². The molecule has 0 saturated heterocycles. The number of nitrogens with one attached hydrogen (secondary N) is 2. The molecule has 0 aliphatic carbocycles. The zero-order chi connectivity index (χ0) is 27.1. The first-order valence-electron chi connectivity index (χ1n) is 12.5. The van der Waals surface area contributed by atoms with Crippen molar-refractivity contribution in [3.8, 4) is 5.75 Å². The first kappa shape index (κ1) is 24.9. The molecular weight excluding hydrogens is 516 g/mol. The fourth-order valence-electron chi connectivity index (χ4n) is 5.01. The summed E-state index contributed by atoms with van der Waals surface area (Å²) in [6.07, 6.45) is 1.63. The van der Waals surface area contributed by atoms with Crippen molar-refractivity contribution in [3.63, 3.8) is 0 Å². The number of rotatable bonds is 7. The van der Waals surface area contributed by atoms with Gasteiger partial charge in [0.1, 0.15) is 12.4 Å². The molecule has 2 amide bonds. The topological polar surface area (TPSA) is 96.5 Å². The van der Waals surface area contributed by atoms with E-state index in [0.29, 0.717) is 47.3 Å². The van der Waals surface area contributed by atoms with Crippen molar-refractivity contribution in [2.75, 3.05) is 30.5 Å². The van der Waals surface area contributed by atoms with Gasteiger partial charge in [-0.15, -0.1) is 0 Å². The number of fused-ring (bicyclic) bond motifs is 4. The number of pyridine rings is 1. The predicted molar refractivity (Wildman–Crippen MR) is 152 cm³/mol. The third-order valence-corrected chi connectivity index (χ3v) is 7.22. The normalized spacial score (nSPS) is 12.8. The maximum atomic E-state index is 13.5. The fourth-order valence-corrected chi connectivity index (χ4v) is 5.19. The summed E-state index contributed by atoms with van der Waals surface area (Å²) in [4.78, 5) is 36.1. The molecule has 0 spiro atoms. The summed E-state index contributed by atoms with van der Waals surface area (Å²) in [6, 6.07) is 18.5. The van der Waals surface area contributed by atoms with Crippen LogP contribution in [0.1, 0.15) is 32.0 Å². The first-order valence-corrected chi connectivity index (χ1v) is 12.9. The van der Waals surface area contributed by atoms with Crippen LogP contribution in [0.25, 0.3) is 21.8 Å². The molecule has 3 aromatic carbocycles. The molecule has 0 bridgehead atoms. The van der Waals surface area contributed by atoms with Crippen LogP contribution < -0.4 is 15.0 Å². The van der Waals surface area contributed by atoms with Gasteiger partial charge in [-0.3, -0.25) is 9.59 Å². The Morgan fingerprint density at radius 3 is 2.82 bits per heavy atom. The summed E-state index contributed by atoms with van der Waals surface area (Å²) in [6.45, 7) is 3.26. The number of amides is 2.